The molecule has 0 atom stereocenters. The van der Waals surface area contributed by atoms with Crippen molar-refractivity contribution in [3.05, 3.63) is 71.8 Å². The van der Waals surface area contributed by atoms with Crippen LogP contribution in [0.5, 0.6) is 11.5 Å². The molecule has 3 heteroatoms. The van der Waals surface area contributed by atoms with Gasteiger partial charge in [-0.15, -0.1) is 12.4 Å². The van der Waals surface area contributed by atoms with Gasteiger partial charge < -0.3 is 4.74 Å². The van der Waals surface area contributed by atoms with E-state index in [-0.39, 0.29) is 12.4 Å². The number of rotatable bonds is 2. The van der Waals surface area contributed by atoms with Crippen LogP contribution >= 0.6 is 12.4 Å². The van der Waals surface area contributed by atoms with Gasteiger partial charge in [-0.3, -0.25) is 4.90 Å². The first kappa shape index (κ1) is 15.1. The zero-order valence-corrected chi connectivity index (χ0v) is 13.3. The molecule has 2 aliphatic rings. The molecule has 0 spiro atoms. The third kappa shape index (κ3) is 2.77. The van der Waals surface area contributed by atoms with Crippen molar-refractivity contribution in [3.8, 4) is 11.5 Å². The average molecular weight is 314 g/mol. The molecule has 2 aromatic rings. The van der Waals surface area contributed by atoms with Crippen LogP contribution in [0.25, 0.3) is 0 Å². The second kappa shape index (κ2) is 6.55. The number of hydrogen-bond donors (Lipinski definition) is 0. The normalized spacial score (nSPS) is 17.1. The van der Waals surface area contributed by atoms with Gasteiger partial charge in [0.05, 0.1) is 0 Å². The van der Waals surface area contributed by atoms with Gasteiger partial charge in [0.1, 0.15) is 11.5 Å². The molecular weight excluding hydrogens is 294 g/mol. The van der Waals surface area contributed by atoms with E-state index in [0.29, 0.717) is 5.92 Å². The van der Waals surface area contributed by atoms with E-state index in [9.17, 15) is 0 Å². The van der Waals surface area contributed by atoms with Crippen molar-refractivity contribution in [2.75, 3.05) is 19.6 Å². The summed E-state index contributed by atoms with van der Waals surface area (Å²) < 4.78 is 6.06. The maximum Gasteiger partial charge on any atom is 0.131 e. The molecule has 0 bridgehead atoms. The fourth-order valence-electron chi connectivity index (χ4n) is 3.32. The predicted molar refractivity (Wildman–Crippen MR) is 92.2 cm³/mol. The number of nitrogens with zero attached hydrogens (tertiary/aromatic N) is 1. The van der Waals surface area contributed by atoms with Gasteiger partial charge in [-0.05, 0) is 18.6 Å². The fraction of sp³-hybridized carbons (Fsp3) is 0.263. The van der Waals surface area contributed by atoms with E-state index >= 15 is 0 Å². The minimum absolute atomic E-state index is 0. The van der Waals surface area contributed by atoms with Gasteiger partial charge in [0.15, 0.2) is 0 Å². The van der Waals surface area contributed by atoms with Crippen molar-refractivity contribution in [1.82, 2.24) is 4.90 Å². The minimum Gasteiger partial charge on any atom is -0.457 e. The first-order valence-corrected chi connectivity index (χ1v) is 7.65. The smallest absolute Gasteiger partial charge is 0.131 e. The Hall–Kier alpha value is -1.77. The van der Waals surface area contributed by atoms with Crippen molar-refractivity contribution >= 4 is 12.4 Å². The van der Waals surface area contributed by atoms with Crippen LogP contribution in [0, 0.1) is 0 Å². The van der Waals surface area contributed by atoms with E-state index in [4.69, 9.17) is 4.74 Å². The second-order valence-corrected chi connectivity index (χ2v) is 5.75. The number of benzene rings is 2. The maximum absolute atomic E-state index is 6.06. The number of hydrogen-bond acceptors (Lipinski definition) is 2. The molecular formula is C19H20ClNO. The fourth-order valence-corrected chi connectivity index (χ4v) is 3.32. The molecule has 0 saturated heterocycles. The summed E-state index contributed by atoms with van der Waals surface area (Å²) in [6.45, 7) is 3.27. The first-order valence-electron chi connectivity index (χ1n) is 7.65. The van der Waals surface area contributed by atoms with Crippen LogP contribution in [0.2, 0.25) is 0 Å². The van der Waals surface area contributed by atoms with Gasteiger partial charge in [-0.2, -0.15) is 0 Å². The molecule has 2 aromatic carbocycles. The molecule has 0 radical (unpaired) electrons. The molecule has 0 amide bonds. The van der Waals surface area contributed by atoms with Crippen LogP contribution in [-0.4, -0.2) is 24.5 Å². The van der Waals surface area contributed by atoms with Crippen LogP contribution in [0.4, 0.5) is 0 Å². The lowest BCUT2D eigenvalue weighted by molar-refractivity contribution is 0.282. The standard InChI is InChI=1S/C19H19NO.ClH/c1-6-12-20(13-7-1)14-17-15-8-2-4-10-18(15)21-19-11-5-3-9-16(17)19;/h1-6,8-11,17H,7,12-14H2;1H. The molecule has 0 unspecified atom stereocenters. The summed E-state index contributed by atoms with van der Waals surface area (Å²) in [6, 6.07) is 16.9. The van der Waals surface area contributed by atoms with Gasteiger partial charge >= 0.3 is 0 Å². The van der Waals surface area contributed by atoms with E-state index in [2.05, 4.69) is 53.5 Å². The van der Waals surface area contributed by atoms with Crippen molar-refractivity contribution in [2.45, 2.75) is 12.3 Å². The van der Waals surface area contributed by atoms with E-state index < -0.39 is 0 Å². The summed E-state index contributed by atoms with van der Waals surface area (Å²) in [5.74, 6) is 2.42. The highest BCUT2D eigenvalue weighted by molar-refractivity contribution is 5.85. The quantitative estimate of drug-likeness (QED) is 0.751. The highest BCUT2D eigenvalue weighted by Gasteiger charge is 2.28. The van der Waals surface area contributed by atoms with Crippen molar-refractivity contribution in [3.63, 3.8) is 0 Å². The Bertz CT molecular complexity index is 637. The molecule has 0 fully saturated rings. The number of para-hydroxylation sites is 2. The molecule has 114 valence electrons. The average Bonchev–Trinajstić information content (AvgIpc) is 2.55. The molecule has 2 aliphatic heterocycles. The van der Waals surface area contributed by atoms with Gasteiger partial charge in [0.25, 0.3) is 0 Å². The third-order valence-corrected chi connectivity index (χ3v) is 4.39. The Morgan fingerprint density at radius 2 is 1.55 bits per heavy atom. The second-order valence-electron chi connectivity index (χ2n) is 5.75. The summed E-state index contributed by atoms with van der Waals surface area (Å²) in [5.41, 5.74) is 2.62. The lowest BCUT2D eigenvalue weighted by Crippen LogP contribution is -2.32. The van der Waals surface area contributed by atoms with E-state index in [1.165, 1.54) is 11.1 Å². The number of halogens is 1. The van der Waals surface area contributed by atoms with Crippen molar-refractivity contribution in [2.24, 2.45) is 0 Å². The van der Waals surface area contributed by atoms with E-state index in [1.807, 2.05) is 12.1 Å². The van der Waals surface area contributed by atoms with Crippen LogP contribution in [-0.2, 0) is 0 Å². The largest absolute Gasteiger partial charge is 0.457 e. The number of ether oxygens (including phenoxy) is 1. The van der Waals surface area contributed by atoms with E-state index in [1.54, 1.807) is 0 Å². The highest BCUT2D eigenvalue weighted by atomic mass is 35.5. The molecule has 4 rings (SSSR count). The maximum atomic E-state index is 6.06. The van der Waals surface area contributed by atoms with Crippen LogP contribution in [0.3, 0.4) is 0 Å². The van der Waals surface area contributed by atoms with Gasteiger partial charge in [-0.25, -0.2) is 0 Å². The molecule has 2 heterocycles. The van der Waals surface area contributed by atoms with Crippen molar-refractivity contribution in [1.29, 1.82) is 0 Å². The summed E-state index contributed by atoms with van der Waals surface area (Å²) in [4.78, 5) is 2.53. The zero-order chi connectivity index (χ0) is 14.1. The van der Waals surface area contributed by atoms with Crippen LogP contribution in [0.1, 0.15) is 23.5 Å². The summed E-state index contributed by atoms with van der Waals surface area (Å²) >= 11 is 0. The molecule has 22 heavy (non-hydrogen) atoms. The van der Waals surface area contributed by atoms with Crippen LogP contribution < -0.4 is 4.74 Å². The first-order chi connectivity index (χ1) is 10.4. The Kier molecular flexibility index (Phi) is 4.51. The molecule has 0 aliphatic carbocycles. The van der Waals surface area contributed by atoms with Gasteiger partial charge in [0, 0.05) is 36.7 Å². The van der Waals surface area contributed by atoms with Crippen LogP contribution in [0.15, 0.2) is 60.7 Å². The third-order valence-electron chi connectivity index (χ3n) is 4.39. The monoisotopic (exact) mass is 313 g/mol. The minimum atomic E-state index is 0. The SMILES string of the molecule is C1=CCN(CC2c3ccccc3Oc3ccccc32)CC1.Cl. The topological polar surface area (TPSA) is 12.5 Å². The highest BCUT2D eigenvalue weighted by Crippen LogP contribution is 2.44. The summed E-state index contributed by atoms with van der Waals surface area (Å²) in [7, 11) is 0. The Balaban J connectivity index is 0.00000144. The summed E-state index contributed by atoms with van der Waals surface area (Å²) in [6.07, 6.45) is 5.72. The zero-order valence-electron chi connectivity index (χ0n) is 12.4. The lowest BCUT2D eigenvalue weighted by Gasteiger charge is -2.33. The van der Waals surface area contributed by atoms with Crippen molar-refractivity contribution < 1.29 is 4.74 Å². The predicted octanol–water partition coefficient (Wildman–Crippen LogP) is 4.61. The van der Waals surface area contributed by atoms with E-state index in [0.717, 1.165) is 37.6 Å². The molecule has 0 saturated carbocycles. The molecule has 0 aromatic heterocycles. The Morgan fingerprint density at radius 3 is 2.14 bits per heavy atom. The number of fused-ring (bicyclic) bond motifs is 2. The van der Waals surface area contributed by atoms with Gasteiger partial charge in [0.2, 0.25) is 0 Å². The molecule has 0 N–H and O–H groups in total. The van der Waals surface area contributed by atoms with Gasteiger partial charge in [-0.1, -0.05) is 48.6 Å². The molecule has 2 nitrogen and oxygen atoms in total. The summed E-state index contributed by atoms with van der Waals surface area (Å²) in [5, 5.41) is 0. The Morgan fingerprint density at radius 1 is 0.909 bits per heavy atom. The Labute approximate surface area is 137 Å². The lowest BCUT2D eigenvalue weighted by atomic mass is 9.87.